The number of anilines is 1. The third-order valence-corrected chi connectivity index (χ3v) is 4.07. The number of halogens is 1. The van der Waals surface area contributed by atoms with Gasteiger partial charge in [0.15, 0.2) is 6.61 Å². The summed E-state index contributed by atoms with van der Waals surface area (Å²) in [6, 6.07) is 13.7. The van der Waals surface area contributed by atoms with E-state index in [1.54, 1.807) is 59.5 Å². The lowest BCUT2D eigenvalue weighted by Gasteiger charge is -2.08. The Kier molecular flexibility index (Phi) is 5.34. The van der Waals surface area contributed by atoms with Gasteiger partial charge in [0.2, 0.25) is 0 Å². The highest BCUT2D eigenvalue weighted by atomic mass is 35.5. The quantitative estimate of drug-likeness (QED) is 0.697. The Bertz CT molecular complexity index is 922. The van der Waals surface area contributed by atoms with E-state index in [1.165, 1.54) is 0 Å². The van der Waals surface area contributed by atoms with Gasteiger partial charge >= 0.3 is 5.97 Å². The molecule has 0 saturated carbocycles. The number of aryl methyl sites for hydroxylation is 1. The summed E-state index contributed by atoms with van der Waals surface area (Å²) < 4.78 is 6.72. The van der Waals surface area contributed by atoms with Gasteiger partial charge in [-0.2, -0.15) is 5.10 Å². The lowest BCUT2D eigenvalue weighted by Crippen LogP contribution is -2.21. The van der Waals surface area contributed by atoms with Gasteiger partial charge in [-0.1, -0.05) is 17.7 Å². The predicted octanol–water partition coefficient (Wildman–Crippen LogP) is 3.63. The number of aromatic nitrogens is 2. The van der Waals surface area contributed by atoms with Crippen LogP contribution in [0.5, 0.6) is 0 Å². The Morgan fingerprint density at radius 3 is 2.62 bits per heavy atom. The van der Waals surface area contributed by atoms with Gasteiger partial charge < -0.3 is 10.1 Å². The van der Waals surface area contributed by atoms with Crippen LogP contribution in [0.3, 0.4) is 0 Å². The van der Waals surface area contributed by atoms with Crippen LogP contribution >= 0.6 is 11.6 Å². The lowest BCUT2D eigenvalue weighted by atomic mass is 10.2. The summed E-state index contributed by atoms with van der Waals surface area (Å²) in [5.41, 5.74) is 2.63. The zero-order chi connectivity index (χ0) is 18.5. The summed E-state index contributed by atoms with van der Waals surface area (Å²) in [5.74, 6) is -1.01. The maximum Gasteiger partial charge on any atom is 0.338 e. The van der Waals surface area contributed by atoms with Crippen molar-refractivity contribution in [3.05, 3.63) is 77.1 Å². The number of benzene rings is 2. The van der Waals surface area contributed by atoms with Gasteiger partial charge in [0, 0.05) is 23.1 Å². The van der Waals surface area contributed by atoms with Crippen molar-refractivity contribution in [2.24, 2.45) is 0 Å². The summed E-state index contributed by atoms with van der Waals surface area (Å²) in [6.07, 6.45) is 3.47. The molecule has 0 saturated heterocycles. The fourth-order valence-electron chi connectivity index (χ4n) is 2.25. The molecular weight excluding hydrogens is 354 g/mol. The van der Waals surface area contributed by atoms with Crippen LogP contribution in [-0.4, -0.2) is 28.3 Å². The van der Waals surface area contributed by atoms with Crippen LogP contribution in [0.1, 0.15) is 15.9 Å². The van der Waals surface area contributed by atoms with E-state index in [0.29, 0.717) is 16.3 Å². The first-order valence-electron chi connectivity index (χ1n) is 7.86. The van der Waals surface area contributed by atoms with Crippen molar-refractivity contribution in [2.75, 3.05) is 11.9 Å². The second kappa shape index (κ2) is 7.84. The molecule has 0 fully saturated rings. The zero-order valence-electron chi connectivity index (χ0n) is 14.0. The number of hydrogen-bond acceptors (Lipinski definition) is 4. The smallest absolute Gasteiger partial charge is 0.338 e. The highest BCUT2D eigenvalue weighted by Crippen LogP contribution is 2.19. The van der Waals surface area contributed by atoms with E-state index >= 15 is 0 Å². The summed E-state index contributed by atoms with van der Waals surface area (Å²) in [5, 5.41) is 7.30. The van der Waals surface area contributed by atoms with Gasteiger partial charge in [0.1, 0.15) is 0 Å². The number of rotatable bonds is 5. The maximum absolute atomic E-state index is 12.1. The lowest BCUT2D eigenvalue weighted by molar-refractivity contribution is -0.119. The molecule has 0 atom stereocenters. The van der Waals surface area contributed by atoms with Crippen LogP contribution < -0.4 is 5.32 Å². The minimum Gasteiger partial charge on any atom is -0.452 e. The van der Waals surface area contributed by atoms with E-state index in [9.17, 15) is 9.59 Å². The average molecular weight is 370 g/mol. The topological polar surface area (TPSA) is 73.2 Å². The molecule has 26 heavy (non-hydrogen) atoms. The van der Waals surface area contributed by atoms with E-state index < -0.39 is 11.9 Å². The van der Waals surface area contributed by atoms with E-state index in [0.717, 1.165) is 11.3 Å². The van der Waals surface area contributed by atoms with Gasteiger partial charge in [-0.15, -0.1) is 0 Å². The highest BCUT2D eigenvalue weighted by Gasteiger charge is 2.11. The summed E-state index contributed by atoms with van der Waals surface area (Å²) in [7, 11) is 0. The van der Waals surface area contributed by atoms with Gasteiger partial charge in [0.05, 0.1) is 11.3 Å². The molecule has 132 valence electrons. The molecule has 2 aromatic carbocycles. The van der Waals surface area contributed by atoms with Crippen molar-refractivity contribution in [3.8, 4) is 5.69 Å². The van der Waals surface area contributed by atoms with Crippen molar-refractivity contribution in [1.82, 2.24) is 9.78 Å². The van der Waals surface area contributed by atoms with Crippen molar-refractivity contribution in [2.45, 2.75) is 6.92 Å². The molecule has 1 amide bonds. The Morgan fingerprint density at radius 1 is 1.19 bits per heavy atom. The van der Waals surface area contributed by atoms with Crippen molar-refractivity contribution >= 4 is 29.2 Å². The fourth-order valence-corrected chi connectivity index (χ4v) is 2.43. The summed E-state index contributed by atoms with van der Waals surface area (Å²) in [6.45, 7) is 1.48. The fraction of sp³-hybridized carbons (Fsp3) is 0.105. The number of nitrogens with one attached hydrogen (secondary N) is 1. The number of esters is 1. The van der Waals surface area contributed by atoms with Crippen LogP contribution in [0.15, 0.2) is 60.9 Å². The van der Waals surface area contributed by atoms with Crippen LogP contribution in [0.25, 0.3) is 5.69 Å². The van der Waals surface area contributed by atoms with Gasteiger partial charge in [-0.05, 0) is 55.0 Å². The molecule has 1 heterocycles. The first-order valence-corrected chi connectivity index (χ1v) is 8.24. The Labute approximate surface area is 155 Å². The highest BCUT2D eigenvalue weighted by molar-refractivity contribution is 6.31. The molecule has 6 nitrogen and oxygen atoms in total. The second-order valence-electron chi connectivity index (χ2n) is 5.59. The minimum absolute atomic E-state index is 0.354. The van der Waals surface area contributed by atoms with E-state index in [2.05, 4.69) is 10.4 Å². The SMILES string of the molecule is Cc1ccc(NC(=O)COC(=O)c2ccc(-n3cccn3)cc2)cc1Cl. The predicted molar refractivity (Wildman–Crippen MR) is 98.7 cm³/mol. The number of hydrogen-bond donors (Lipinski definition) is 1. The van der Waals surface area contributed by atoms with Crippen molar-refractivity contribution in [1.29, 1.82) is 0 Å². The first kappa shape index (κ1) is 17.7. The van der Waals surface area contributed by atoms with Gasteiger partial charge in [-0.3, -0.25) is 4.79 Å². The van der Waals surface area contributed by atoms with Gasteiger partial charge in [-0.25, -0.2) is 9.48 Å². The molecule has 0 bridgehead atoms. The summed E-state index contributed by atoms with van der Waals surface area (Å²) in [4.78, 5) is 24.0. The molecule has 0 aliphatic rings. The molecule has 0 unspecified atom stereocenters. The third-order valence-electron chi connectivity index (χ3n) is 3.66. The second-order valence-corrected chi connectivity index (χ2v) is 5.99. The normalized spacial score (nSPS) is 10.4. The van der Waals surface area contributed by atoms with E-state index in [1.807, 2.05) is 13.0 Å². The maximum atomic E-state index is 12.1. The zero-order valence-corrected chi connectivity index (χ0v) is 14.7. The minimum atomic E-state index is -0.575. The standard InChI is InChI=1S/C19H16ClN3O3/c1-13-3-6-15(11-17(13)20)22-18(24)12-26-19(25)14-4-7-16(8-5-14)23-10-2-9-21-23/h2-11H,12H2,1H3,(H,22,24). The molecule has 1 N–H and O–H groups in total. The van der Waals surface area contributed by atoms with Crippen LogP contribution in [0.2, 0.25) is 5.02 Å². The Morgan fingerprint density at radius 2 is 1.96 bits per heavy atom. The monoisotopic (exact) mass is 369 g/mol. The summed E-state index contributed by atoms with van der Waals surface area (Å²) >= 11 is 6.01. The van der Waals surface area contributed by atoms with Crippen LogP contribution in [0, 0.1) is 6.92 Å². The molecule has 0 aliphatic heterocycles. The number of ether oxygens (including phenoxy) is 1. The number of carbonyl (C=O) groups is 2. The molecule has 0 radical (unpaired) electrons. The van der Waals surface area contributed by atoms with Crippen molar-refractivity contribution in [3.63, 3.8) is 0 Å². The first-order chi connectivity index (χ1) is 12.5. The van der Waals surface area contributed by atoms with Crippen molar-refractivity contribution < 1.29 is 14.3 Å². The van der Waals surface area contributed by atoms with E-state index in [-0.39, 0.29) is 6.61 Å². The average Bonchev–Trinajstić information content (AvgIpc) is 3.18. The Balaban J connectivity index is 1.54. The van der Waals surface area contributed by atoms with Gasteiger partial charge in [0.25, 0.3) is 5.91 Å². The Hall–Kier alpha value is -3.12. The third kappa shape index (κ3) is 4.29. The van der Waals surface area contributed by atoms with E-state index in [4.69, 9.17) is 16.3 Å². The molecule has 7 heteroatoms. The largest absolute Gasteiger partial charge is 0.452 e. The van der Waals surface area contributed by atoms with Crippen LogP contribution in [-0.2, 0) is 9.53 Å². The molecule has 3 aromatic rings. The molecule has 1 aromatic heterocycles. The molecule has 3 rings (SSSR count). The number of nitrogens with zero attached hydrogens (tertiary/aromatic N) is 2. The molecule has 0 spiro atoms. The number of amides is 1. The molecule has 0 aliphatic carbocycles. The van der Waals surface area contributed by atoms with Crippen LogP contribution in [0.4, 0.5) is 5.69 Å². The number of carbonyl (C=O) groups excluding carboxylic acids is 2. The molecular formula is C19H16ClN3O3.